The van der Waals surface area contributed by atoms with E-state index in [1.807, 2.05) is 6.07 Å². The second-order valence-electron chi connectivity index (χ2n) is 6.53. The molecule has 160 valence electrons. The van der Waals surface area contributed by atoms with Crippen LogP contribution in [0.4, 0.5) is 0 Å². The highest BCUT2D eigenvalue weighted by molar-refractivity contribution is 6.34. The van der Waals surface area contributed by atoms with E-state index in [9.17, 15) is 14.4 Å². The summed E-state index contributed by atoms with van der Waals surface area (Å²) in [5.74, 6) is -2.22. The van der Waals surface area contributed by atoms with Crippen LogP contribution < -0.4 is 10.7 Å². The molecule has 0 heterocycles. The maximum absolute atomic E-state index is 12.7. The fourth-order valence-corrected chi connectivity index (χ4v) is 2.87. The van der Waals surface area contributed by atoms with Crippen molar-refractivity contribution in [2.24, 2.45) is 5.10 Å². The van der Waals surface area contributed by atoms with Crippen molar-refractivity contribution in [3.8, 4) is 0 Å². The Morgan fingerprint density at radius 1 is 0.844 bits per heavy atom. The lowest BCUT2D eigenvalue weighted by molar-refractivity contribution is -0.117. The zero-order valence-corrected chi connectivity index (χ0v) is 17.4. The summed E-state index contributed by atoms with van der Waals surface area (Å²) in [6, 6.07) is 21.5. The highest BCUT2D eigenvalue weighted by Gasteiger charge is 2.16. The van der Waals surface area contributed by atoms with E-state index in [-0.39, 0.29) is 21.8 Å². The monoisotopic (exact) mass is 447 g/mol. The SMILES string of the molecule is O=C(NN=Cc1ccc(C(=O)O)cc1)/C(=C\c1ccccc1)NC(=O)c1ccccc1Cl. The first kappa shape index (κ1) is 22.5. The number of amides is 2. The summed E-state index contributed by atoms with van der Waals surface area (Å²) in [4.78, 5) is 36.3. The molecule has 0 radical (unpaired) electrons. The molecule has 0 unspecified atom stereocenters. The van der Waals surface area contributed by atoms with E-state index in [1.165, 1.54) is 24.4 Å². The van der Waals surface area contributed by atoms with E-state index in [0.29, 0.717) is 11.1 Å². The molecule has 3 rings (SSSR count). The molecule has 0 atom stereocenters. The molecule has 0 aliphatic heterocycles. The summed E-state index contributed by atoms with van der Waals surface area (Å²) in [7, 11) is 0. The zero-order valence-electron chi connectivity index (χ0n) is 16.7. The number of nitrogens with one attached hydrogen (secondary N) is 2. The summed E-state index contributed by atoms with van der Waals surface area (Å²) in [6.45, 7) is 0. The molecule has 0 bridgehead atoms. The minimum Gasteiger partial charge on any atom is -0.478 e. The third-order valence-electron chi connectivity index (χ3n) is 4.26. The third kappa shape index (κ3) is 6.13. The Labute approximate surface area is 189 Å². The molecular weight excluding hydrogens is 430 g/mol. The second-order valence-corrected chi connectivity index (χ2v) is 6.94. The number of benzene rings is 3. The Hall–Kier alpha value is -4.23. The van der Waals surface area contributed by atoms with E-state index >= 15 is 0 Å². The summed E-state index contributed by atoms with van der Waals surface area (Å²) in [5, 5.41) is 15.7. The average molecular weight is 448 g/mol. The number of carbonyl (C=O) groups is 3. The number of rotatable bonds is 7. The predicted molar refractivity (Wildman–Crippen MR) is 122 cm³/mol. The topological polar surface area (TPSA) is 108 Å². The number of carboxylic acids is 1. The highest BCUT2D eigenvalue weighted by atomic mass is 35.5. The van der Waals surface area contributed by atoms with Gasteiger partial charge < -0.3 is 10.4 Å². The number of carbonyl (C=O) groups excluding carboxylic acids is 2. The fraction of sp³-hybridized carbons (Fsp3) is 0. The van der Waals surface area contributed by atoms with Gasteiger partial charge in [0.25, 0.3) is 11.8 Å². The van der Waals surface area contributed by atoms with Crippen LogP contribution in [0.2, 0.25) is 5.02 Å². The standard InChI is InChI=1S/C24H18ClN3O4/c25-20-9-5-4-8-19(20)22(29)27-21(14-16-6-2-1-3-7-16)23(30)28-26-15-17-10-12-18(13-11-17)24(31)32/h1-15H,(H,27,29)(H,28,30)(H,31,32)/b21-14+,26-15?. The average Bonchev–Trinajstić information content (AvgIpc) is 2.80. The third-order valence-corrected chi connectivity index (χ3v) is 4.59. The van der Waals surface area contributed by atoms with Crippen molar-refractivity contribution in [3.05, 3.63) is 112 Å². The van der Waals surface area contributed by atoms with E-state index in [4.69, 9.17) is 16.7 Å². The number of nitrogens with zero attached hydrogens (tertiary/aromatic N) is 1. The van der Waals surface area contributed by atoms with Gasteiger partial charge in [0, 0.05) is 0 Å². The molecule has 0 fully saturated rings. The number of aromatic carboxylic acids is 1. The Kier molecular flexibility index (Phi) is 7.51. The summed E-state index contributed by atoms with van der Waals surface area (Å²) >= 11 is 6.08. The Bertz CT molecular complexity index is 1190. The summed E-state index contributed by atoms with van der Waals surface area (Å²) in [6.07, 6.45) is 2.88. The van der Waals surface area contributed by atoms with Crippen molar-refractivity contribution in [2.45, 2.75) is 0 Å². The van der Waals surface area contributed by atoms with Gasteiger partial charge >= 0.3 is 5.97 Å². The van der Waals surface area contributed by atoms with Crippen molar-refractivity contribution in [3.63, 3.8) is 0 Å². The van der Waals surface area contributed by atoms with Gasteiger partial charge in [0.15, 0.2) is 0 Å². The molecule has 3 aromatic carbocycles. The van der Waals surface area contributed by atoms with Gasteiger partial charge in [-0.25, -0.2) is 10.2 Å². The molecular formula is C24H18ClN3O4. The van der Waals surface area contributed by atoms with Crippen LogP contribution in [0.15, 0.2) is 89.7 Å². The normalized spacial score (nSPS) is 11.2. The number of carboxylic acid groups (broad SMARTS) is 1. The molecule has 7 nitrogen and oxygen atoms in total. The molecule has 32 heavy (non-hydrogen) atoms. The molecule has 0 aliphatic rings. The van der Waals surface area contributed by atoms with Crippen molar-refractivity contribution >= 4 is 41.7 Å². The summed E-state index contributed by atoms with van der Waals surface area (Å²) in [5.41, 5.74) is 3.98. The number of halogens is 1. The highest BCUT2D eigenvalue weighted by Crippen LogP contribution is 2.15. The minimum absolute atomic E-state index is 0.0282. The lowest BCUT2D eigenvalue weighted by Crippen LogP contribution is -2.33. The van der Waals surface area contributed by atoms with E-state index in [0.717, 1.165) is 0 Å². The van der Waals surface area contributed by atoms with Crippen molar-refractivity contribution < 1.29 is 19.5 Å². The van der Waals surface area contributed by atoms with Gasteiger partial charge in [-0.2, -0.15) is 5.10 Å². The largest absolute Gasteiger partial charge is 0.478 e. The number of hydrazone groups is 1. The Morgan fingerprint density at radius 2 is 1.50 bits per heavy atom. The van der Waals surface area contributed by atoms with Crippen LogP contribution >= 0.6 is 11.6 Å². The van der Waals surface area contributed by atoms with E-state index < -0.39 is 17.8 Å². The lowest BCUT2D eigenvalue weighted by atomic mass is 10.1. The van der Waals surface area contributed by atoms with Gasteiger partial charge in [-0.3, -0.25) is 9.59 Å². The smallest absolute Gasteiger partial charge is 0.335 e. The van der Waals surface area contributed by atoms with Gasteiger partial charge in [0.1, 0.15) is 5.70 Å². The van der Waals surface area contributed by atoms with Gasteiger partial charge in [-0.15, -0.1) is 0 Å². The first-order valence-corrected chi connectivity index (χ1v) is 9.81. The van der Waals surface area contributed by atoms with Gasteiger partial charge in [-0.05, 0) is 41.5 Å². The zero-order chi connectivity index (χ0) is 22.9. The molecule has 0 saturated carbocycles. The fourth-order valence-electron chi connectivity index (χ4n) is 2.65. The van der Waals surface area contributed by atoms with Gasteiger partial charge in [0.2, 0.25) is 0 Å². The van der Waals surface area contributed by atoms with Crippen LogP contribution in [0.5, 0.6) is 0 Å². The second kappa shape index (κ2) is 10.7. The first-order valence-electron chi connectivity index (χ1n) is 9.43. The molecule has 0 saturated heterocycles. The van der Waals surface area contributed by atoms with Gasteiger partial charge in [0.05, 0.1) is 22.4 Å². The van der Waals surface area contributed by atoms with E-state index in [2.05, 4.69) is 15.8 Å². The maximum atomic E-state index is 12.7. The molecule has 3 N–H and O–H groups in total. The molecule has 0 spiro atoms. The van der Waals surface area contributed by atoms with Crippen molar-refractivity contribution in [1.82, 2.24) is 10.7 Å². The van der Waals surface area contributed by atoms with Crippen molar-refractivity contribution in [1.29, 1.82) is 0 Å². The molecule has 2 amide bonds. The van der Waals surface area contributed by atoms with Crippen LogP contribution in [-0.4, -0.2) is 29.1 Å². The van der Waals surface area contributed by atoms with Crippen LogP contribution in [0.3, 0.4) is 0 Å². The Morgan fingerprint density at radius 3 is 2.16 bits per heavy atom. The number of hydrogen-bond acceptors (Lipinski definition) is 4. The molecule has 0 aliphatic carbocycles. The molecule has 8 heteroatoms. The van der Waals surface area contributed by atoms with Crippen LogP contribution in [-0.2, 0) is 4.79 Å². The van der Waals surface area contributed by atoms with E-state index in [1.54, 1.807) is 60.7 Å². The van der Waals surface area contributed by atoms with Gasteiger partial charge in [-0.1, -0.05) is 66.2 Å². The lowest BCUT2D eigenvalue weighted by Gasteiger charge is -2.10. The minimum atomic E-state index is -1.04. The predicted octanol–water partition coefficient (Wildman–Crippen LogP) is 3.96. The van der Waals surface area contributed by atoms with Crippen LogP contribution in [0.1, 0.15) is 31.8 Å². The van der Waals surface area contributed by atoms with Crippen molar-refractivity contribution in [2.75, 3.05) is 0 Å². The van der Waals surface area contributed by atoms with Crippen LogP contribution in [0.25, 0.3) is 6.08 Å². The molecule has 3 aromatic rings. The Balaban J connectivity index is 1.77. The quantitative estimate of drug-likeness (QED) is 0.289. The maximum Gasteiger partial charge on any atom is 0.335 e. The summed E-state index contributed by atoms with van der Waals surface area (Å²) < 4.78 is 0. The van der Waals surface area contributed by atoms with Crippen LogP contribution in [0, 0.1) is 0 Å². The molecule has 0 aromatic heterocycles. The first-order chi connectivity index (χ1) is 15.4. The number of hydrogen-bond donors (Lipinski definition) is 3.